The Hall–Kier alpha value is -0.560. The van der Waals surface area contributed by atoms with Gasteiger partial charge in [0.2, 0.25) is 0 Å². The number of allylic oxidation sites excluding steroid dienone is 1. The van der Waals surface area contributed by atoms with E-state index in [4.69, 9.17) is 5.73 Å². The fraction of sp³-hybridized carbons (Fsp3) is 0.429. The van der Waals surface area contributed by atoms with Crippen LogP contribution >= 0.6 is 0 Å². The summed E-state index contributed by atoms with van der Waals surface area (Å²) in [6, 6.07) is 0. The van der Waals surface area contributed by atoms with Crippen LogP contribution in [0, 0.1) is 0 Å². The molecule has 8 heavy (non-hydrogen) atoms. The largest absolute Gasteiger partial charge is 0.327 e. The quantitative estimate of drug-likeness (QED) is 0.548. The number of nitrogens with two attached hydrogens (primary N) is 1. The standard InChI is InChI=1S/C7H13N/c1-3-5-7(4-2)6-8/h4-5H,2-3,6,8H2,1H3. The van der Waals surface area contributed by atoms with Crippen molar-refractivity contribution in [3.05, 3.63) is 24.3 Å². The normalized spacial score (nSPS) is 11.5. The summed E-state index contributed by atoms with van der Waals surface area (Å²) in [6.07, 6.45) is 4.91. The summed E-state index contributed by atoms with van der Waals surface area (Å²) in [5, 5.41) is 0. The first kappa shape index (κ1) is 7.44. The molecule has 0 aromatic heterocycles. The molecule has 0 spiro atoms. The van der Waals surface area contributed by atoms with Crippen molar-refractivity contribution in [2.24, 2.45) is 5.73 Å². The van der Waals surface area contributed by atoms with Crippen LogP contribution in [-0.4, -0.2) is 6.54 Å². The Kier molecular flexibility index (Phi) is 4.27. The maximum atomic E-state index is 5.33. The van der Waals surface area contributed by atoms with Crippen molar-refractivity contribution in [1.82, 2.24) is 0 Å². The molecule has 0 aromatic carbocycles. The molecule has 0 bridgehead atoms. The minimum Gasteiger partial charge on any atom is -0.327 e. The summed E-state index contributed by atoms with van der Waals surface area (Å²) in [4.78, 5) is 0. The van der Waals surface area contributed by atoms with Crippen LogP contribution < -0.4 is 5.73 Å². The molecule has 0 saturated carbocycles. The van der Waals surface area contributed by atoms with E-state index in [0.717, 1.165) is 12.0 Å². The van der Waals surface area contributed by atoms with Crippen LogP contribution in [0.4, 0.5) is 0 Å². The van der Waals surface area contributed by atoms with Crippen LogP contribution in [0.2, 0.25) is 0 Å². The highest BCUT2D eigenvalue weighted by Gasteiger charge is 1.80. The Morgan fingerprint density at radius 3 is 2.50 bits per heavy atom. The van der Waals surface area contributed by atoms with Gasteiger partial charge in [0.25, 0.3) is 0 Å². The van der Waals surface area contributed by atoms with Crippen molar-refractivity contribution >= 4 is 0 Å². The van der Waals surface area contributed by atoms with E-state index in [1.165, 1.54) is 0 Å². The van der Waals surface area contributed by atoms with E-state index >= 15 is 0 Å². The van der Waals surface area contributed by atoms with E-state index in [2.05, 4.69) is 19.6 Å². The zero-order chi connectivity index (χ0) is 6.41. The van der Waals surface area contributed by atoms with Gasteiger partial charge in [0.1, 0.15) is 0 Å². The summed E-state index contributed by atoms with van der Waals surface area (Å²) < 4.78 is 0. The molecular weight excluding hydrogens is 98.1 g/mol. The van der Waals surface area contributed by atoms with Gasteiger partial charge in [0, 0.05) is 6.54 Å². The molecule has 0 amide bonds. The average molecular weight is 111 g/mol. The third-order valence-electron chi connectivity index (χ3n) is 0.964. The zero-order valence-electron chi connectivity index (χ0n) is 5.35. The molecule has 46 valence electrons. The highest BCUT2D eigenvalue weighted by atomic mass is 14.5. The van der Waals surface area contributed by atoms with Crippen LogP contribution in [0.1, 0.15) is 13.3 Å². The Bertz CT molecular complexity index is 92.6. The van der Waals surface area contributed by atoms with Crippen molar-refractivity contribution in [2.75, 3.05) is 6.54 Å². The lowest BCUT2D eigenvalue weighted by Crippen LogP contribution is -1.99. The Balaban J connectivity index is 3.66. The van der Waals surface area contributed by atoms with E-state index in [-0.39, 0.29) is 0 Å². The molecule has 0 aliphatic heterocycles. The highest BCUT2D eigenvalue weighted by Crippen LogP contribution is 1.92. The fourth-order valence-corrected chi connectivity index (χ4v) is 0.512. The molecule has 0 unspecified atom stereocenters. The summed E-state index contributed by atoms with van der Waals surface area (Å²) in [5.41, 5.74) is 6.46. The van der Waals surface area contributed by atoms with Gasteiger partial charge in [0.05, 0.1) is 0 Å². The Morgan fingerprint density at radius 1 is 1.75 bits per heavy atom. The zero-order valence-corrected chi connectivity index (χ0v) is 5.35. The van der Waals surface area contributed by atoms with Crippen molar-refractivity contribution < 1.29 is 0 Å². The molecule has 0 aliphatic carbocycles. The molecule has 0 aromatic rings. The molecule has 0 atom stereocenters. The summed E-state index contributed by atoms with van der Waals surface area (Å²) in [5.74, 6) is 0. The second-order valence-corrected chi connectivity index (χ2v) is 1.60. The van der Waals surface area contributed by atoms with Gasteiger partial charge < -0.3 is 5.73 Å². The minimum absolute atomic E-state index is 0.608. The topological polar surface area (TPSA) is 26.0 Å². The molecule has 0 aliphatic rings. The molecule has 0 fully saturated rings. The summed E-state index contributed by atoms with van der Waals surface area (Å²) in [7, 11) is 0. The van der Waals surface area contributed by atoms with Gasteiger partial charge in [-0.1, -0.05) is 25.7 Å². The van der Waals surface area contributed by atoms with E-state index < -0.39 is 0 Å². The first-order chi connectivity index (χ1) is 3.85. The first-order valence-corrected chi connectivity index (χ1v) is 2.86. The van der Waals surface area contributed by atoms with Crippen LogP contribution in [0.25, 0.3) is 0 Å². The first-order valence-electron chi connectivity index (χ1n) is 2.86. The molecule has 2 N–H and O–H groups in total. The third-order valence-corrected chi connectivity index (χ3v) is 0.964. The molecule has 0 rings (SSSR count). The maximum absolute atomic E-state index is 5.33. The molecular formula is C7H13N. The predicted molar refractivity (Wildman–Crippen MR) is 37.6 cm³/mol. The smallest absolute Gasteiger partial charge is 0.0174 e. The van der Waals surface area contributed by atoms with Crippen LogP contribution in [0.3, 0.4) is 0 Å². The average Bonchev–Trinajstić information content (AvgIpc) is 1.83. The lowest BCUT2D eigenvalue weighted by atomic mass is 10.2. The van der Waals surface area contributed by atoms with Gasteiger partial charge in [0.15, 0.2) is 0 Å². The minimum atomic E-state index is 0.608. The van der Waals surface area contributed by atoms with Gasteiger partial charge in [-0.15, -0.1) is 0 Å². The maximum Gasteiger partial charge on any atom is 0.0174 e. The summed E-state index contributed by atoms with van der Waals surface area (Å²) in [6.45, 7) is 6.29. The highest BCUT2D eigenvalue weighted by molar-refractivity contribution is 5.16. The van der Waals surface area contributed by atoms with Crippen molar-refractivity contribution in [1.29, 1.82) is 0 Å². The number of rotatable bonds is 3. The SMILES string of the molecule is C=CC(=CCC)CN. The monoisotopic (exact) mass is 111 g/mol. The van der Waals surface area contributed by atoms with E-state index in [1.54, 1.807) is 6.08 Å². The molecule has 0 saturated heterocycles. The second kappa shape index (κ2) is 4.60. The molecule has 1 nitrogen and oxygen atoms in total. The Morgan fingerprint density at radius 2 is 2.38 bits per heavy atom. The third kappa shape index (κ3) is 2.59. The van der Waals surface area contributed by atoms with E-state index in [0.29, 0.717) is 6.54 Å². The van der Waals surface area contributed by atoms with E-state index in [1.807, 2.05) is 0 Å². The number of hydrogen-bond donors (Lipinski definition) is 1. The molecule has 1 heteroatoms. The van der Waals surface area contributed by atoms with Crippen LogP contribution in [-0.2, 0) is 0 Å². The van der Waals surface area contributed by atoms with Crippen molar-refractivity contribution in [2.45, 2.75) is 13.3 Å². The molecule has 0 heterocycles. The van der Waals surface area contributed by atoms with E-state index in [9.17, 15) is 0 Å². The van der Waals surface area contributed by atoms with Crippen LogP contribution in [0.15, 0.2) is 24.3 Å². The van der Waals surface area contributed by atoms with Crippen LogP contribution in [0.5, 0.6) is 0 Å². The number of hydrogen-bond acceptors (Lipinski definition) is 1. The lowest BCUT2D eigenvalue weighted by Gasteiger charge is -1.91. The van der Waals surface area contributed by atoms with Crippen molar-refractivity contribution in [3.63, 3.8) is 0 Å². The Labute approximate surface area is 50.9 Å². The molecule has 0 radical (unpaired) electrons. The fourth-order valence-electron chi connectivity index (χ4n) is 0.512. The van der Waals surface area contributed by atoms with Gasteiger partial charge in [-0.05, 0) is 12.0 Å². The second-order valence-electron chi connectivity index (χ2n) is 1.60. The summed E-state index contributed by atoms with van der Waals surface area (Å²) >= 11 is 0. The van der Waals surface area contributed by atoms with Gasteiger partial charge in [-0.25, -0.2) is 0 Å². The predicted octanol–water partition coefficient (Wildman–Crippen LogP) is 1.47. The van der Waals surface area contributed by atoms with Gasteiger partial charge >= 0.3 is 0 Å². The lowest BCUT2D eigenvalue weighted by molar-refractivity contribution is 1.13. The van der Waals surface area contributed by atoms with Gasteiger partial charge in [-0.3, -0.25) is 0 Å². The van der Waals surface area contributed by atoms with Gasteiger partial charge in [-0.2, -0.15) is 0 Å². The van der Waals surface area contributed by atoms with Crippen molar-refractivity contribution in [3.8, 4) is 0 Å².